The smallest absolute Gasteiger partial charge is 0.279 e. The number of hydrogen-bond donors (Lipinski definition) is 1. The van der Waals surface area contributed by atoms with E-state index in [1.807, 2.05) is 0 Å². The third-order valence-electron chi connectivity index (χ3n) is 5.44. The van der Waals surface area contributed by atoms with Gasteiger partial charge in [0.1, 0.15) is 18.2 Å². The summed E-state index contributed by atoms with van der Waals surface area (Å²) in [5.41, 5.74) is 1.04. The number of carbonyl (C=O) groups excluding carboxylic acids is 1. The fraction of sp³-hybridized carbons (Fsp3) is 0.579. The summed E-state index contributed by atoms with van der Waals surface area (Å²) in [5.74, 6) is 0.177. The molecular weight excluding hydrogens is 424 g/mol. The molecule has 0 saturated carbocycles. The van der Waals surface area contributed by atoms with Crippen LogP contribution in [0.1, 0.15) is 42.6 Å². The van der Waals surface area contributed by atoms with Crippen LogP contribution in [0.15, 0.2) is 4.79 Å². The highest BCUT2D eigenvalue weighted by Gasteiger charge is 2.32. The average molecular weight is 449 g/mol. The van der Waals surface area contributed by atoms with Crippen molar-refractivity contribution in [3.63, 3.8) is 0 Å². The molecule has 0 aromatic carbocycles. The van der Waals surface area contributed by atoms with Crippen LogP contribution < -0.4 is 10.9 Å². The van der Waals surface area contributed by atoms with E-state index in [9.17, 15) is 9.59 Å². The number of nitrogens with zero attached hydrogens (tertiary/aromatic N) is 5. The van der Waals surface area contributed by atoms with E-state index in [0.717, 1.165) is 29.5 Å². The molecule has 30 heavy (non-hydrogen) atoms. The van der Waals surface area contributed by atoms with Gasteiger partial charge in [0.25, 0.3) is 5.56 Å². The number of rotatable bonds is 5. The summed E-state index contributed by atoms with van der Waals surface area (Å²) in [4.78, 5) is 27.3. The van der Waals surface area contributed by atoms with E-state index in [4.69, 9.17) is 4.74 Å². The number of fused-ring (bicyclic) bond motifs is 3. The quantitative estimate of drug-likeness (QED) is 0.638. The predicted octanol–water partition coefficient (Wildman–Crippen LogP) is 2.64. The van der Waals surface area contributed by atoms with Crippen LogP contribution in [-0.4, -0.2) is 38.2 Å². The number of ether oxygens (including phenoxy) is 1. The summed E-state index contributed by atoms with van der Waals surface area (Å²) < 4.78 is 6.12. The Hall–Kier alpha value is -2.24. The summed E-state index contributed by atoms with van der Waals surface area (Å²) in [6.45, 7) is 6.89. The maximum Gasteiger partial charge on any atom is 0.279 e. The van der Waals surface area contributed by atoms with Gasteiger partial charge in [0, 0.05) is 12.0 Å². The minimum atomic E-state index is -0.400. The molecule has 0 bridgehead atoms. The van der Waals surface area contributed by atoms with Gasteiger partial charge in [0.15, 0.2) is 4.83 Å². The molecule has 160 valence electrons. The van der Waals surface area contributed by atoms with Gasteiger partial charge in [-0.3, -0.25) is 14.9 Å². The van der Waals surface area contributed by atoms with Crippen LogP contribution in [0, 0.1) is 11.3 Å². The molecule has 3 aromatic heterocycles. The molecule has 0 radical (unpaired) electrons. The molecule has 1 amide bonds. The molecule has 1 unspecified atom stereocenters. The maximum atomic E-state index is 13.1. The molecule has 4 rings (SSSR count). The van der Waals surface area contributed by atoms with Gasteiger partial charge in [0.2, 0.25) is 11.0 Å². The van der Waals surface area contributed by atoms with Crippen molar-refractivity contribution in [1.82, 2.24) is 25.2 Å². The second kappa shape index (κ2) is 8.12. The van der Waals surface area contributed by atoms with Gasteiger partial charge < -0.3 is 4.74 Å². The minimum absolute atomic E-state index is 0.226. The largest absolute Gasteiger partial charge is 0.377 e. The first-order valence-electron chi connectivity index (χ1n) is 9.75. The number of anilines is 1. The Morgan fingerprint density at radius 2 is 2.07 bits per heavy atom. The topological polar surface area (TPSA) is 112 Å². The van der Waals surface area contributed by atoms with Crippen molar-refractivity contribution in [2.75, 3.05) is 12.4 Å². The van der Waals surface area contributed by atoms with Gasteiger partial charge in [-0.1, -0.05) is 37.3 Å². The van der Waals surface area contributed by atoms with Crippen LogP contribution in [-0.2, 0) is 35.5 Å². The van der Waals surface area contributed by atoms with E-state index in [2.05, 4.69) is 46.6 Å². The van der Waals surface area contributed by atoms with E-state index in [-0.39, 0.29) is 17.5 Å². The van der Waals surface area contributed by atoms with E-state index in [1.54, 1.807) is 18.4 Å². The van der Waals surface area contributed by atoms with Gasteiger partial charge in [-0.2, -0.15) is 0 Å². The van der Waals surface area contributed by atoms with Gasteiger partial charge in [-0.05, 0) is 36.2 Å². The van der Waals surface area contributed by atoms with Crippen molar-refractivity contribution < 1.29 is 9.53 Å². The average Bonchev–Trinajstić information content (AvgIpc) is 3.27. The number of methoxy groups -OCH3 is 1. The molecule has 1 aliphatic carbocycles. The van der Waals surface area contributed by atoms with E-state index in [1.165, 1.54) is 16.2 Å². The summed E-state index contributed by atoms with van der Waals surface area (Å²) in [6, 6.07) is 0. The van der Waals surface area contributed by atoms with Crippen LogP contribution in [0.4, 0.5) is 5.13 Å². The lowest BCUT2D eigenvalue weighted by Crippen LogP contribution is -2.31. The Balaban J connectivity index is 1.55. The van der Waals surface area contributed by atoms with Crippen molar-refractivity contribution in [2.24, 2.45) is 11.3 Å². The summed E-state index contributed by atoms with van der Waals surface area (Å²) in [6.07, 6.45) is 2.86. The molecule has 0 fully saturated rings. The fourth-order valence-electron chi connectivity index (χ4n) is 3.75. The van der Waals surface area contributed by atoms with Gasteiger partial charge >= 0.3 is 0 Å². The number of thiophene rings is 1. The Bertz CT molecular complexity index is 1140. The first kappa shape index (κ1) is 21.0. The van der Waals surface area contributed by atoms with Crippen LogP contribution in [0.2, 0.25) is 0 Å². The zero-order chi connectivity index (χ0) is 21.5. The molecular formula is C19H24N6O3S2. The van der Waals surface area contributed by atoms with Crippen molar-refractivity contribution in [2.45, 2.75) is 53.2 Å². The molecule has 0 spiro atoms. The Kier molecular flexibility index (Phi) is 5.69. The number of hydrogen-bond acceptors (Lipinski definition) is 9. The standard InChI is InChI=1S/C19H24N6O3S2/c1-19(2,3)10-5-6-11-12(7-10)29-16-15(11)17(27)25(24-22-16)8-13(26)20-18-23-21-14(30-18)9-28-4/h10H,5-9H2,1-4H3,(H,20,23,26). The summed E-state index contributed by atoms with van der Waals surface area (Å²) in [7, 11) is 1.56. The predicted molar refractivity (Wildman–Crippen MR) is 116 cm³/mol. The van der Waals surface area contributed by atoms with Gasteiger partial charge in [-0.25, -0.2) is 4.68 Å². The lowest BCUT2D eigenvalue weighted by atomic mass is 9.72. The molecule has 0 aliphatic heterocycles. The Morgan fingerprint density at radius 1 is 1.27 bits per heavy atom. The van der Waals surface area contributed by atoms with Crippen LogP contribution >= 0.6 is 22.7 Å². The monoisotopic (exact) mass is 448 g/mol. The van der Waals surface area contributed by atoms with E-state index in [0.29, 0.717) is 32.9 Å². The van der Waals surface area contributed by atoms with Crippen molar-refractivity contribution in [3.05, 3.63) is 25.8 Å². The summed E-state index contributed by atoms with van der Waals surface area (Å²) in [5, 5.41) is 20.3. The second-order valence-electron chi connectivity index (χ2n) is 8.52. The van der Waals surface area contributed by atoms with Crippen LogP contribution in [0.3, 0.4) is 0 Å². The van der Waals surface area contributed by atoms with Crippen molar-refractivity contribution in [1.29, 1.82) is 0 Å². The lowest BCUT2D eigenvalue weighted by molar-refractivity contribution is -0.117. The van der Waals surface area contributed by atoms with Gasteiger partial charge in [0.05, 0.1) is 5.39 Å². The third kappa shape index (κ3) is 4.14. The molecule has 11 heteroatoms. The van der Waals surface area contributed by atoms with Gasteiger partial charge in [-0.15, -0.1) is 26.6 Å². The fourth-order valence-corrected chi connectivity index (χ4v) is 5.71. The van der Waals surface area contributed by atoms with Crippen molar-refractivity contribution >= 4 is 43.9 Å². The SMILES string of the molecule is COCc1nnc(NC(=O)Cn2nnc3sc4c(c3c2=O)CCC(C(C)(C)C)C4)s1. The van der Waals surface area contributed by atoms with E-state index >= 15 is 0 Å². The normalized spacial score (nSPS) is 16.6. The molecule has 1 aliphatic rings. The number of aryl methyl sites for hydroxylation is 1. The minimum Gasteiger partial charge on any atom is -0.377 e. The number of carbonyl (C=O) groups is 1. The highest BCUT2D eigenvalue weighted by atomic mass is 32.1. The Labute approximate surface area is 181 Å². The number of nitrogens with one attached hydrogen (secondary N) is 1. The second-order valence-corrected chi connectivity index (χ2v) is 10.7. The number of amides is 1. The molecule has 3 heterocycles. The number of aromatic nitrogens is 5. The highest BCUT2D eigenvalue weighted by Crippen LogP contribution is 2.41. The molecule has 1 atom stereocenters. The van der Waals surface area contributed by atoms with Crippen molar-refractivity contribution in [3.8, 4) is 0 Å². The Morgan fingerprint density at radius 3 is 2.80 bits per heavy atom. The zero-order valence-electron chi connectivity index (χ0n) is 17.4. The highest BCUT2D eigenvalue weighted by molar-refractivity contribution is 7.18. The first-order chi connectivity index (χ1) is 14.3. The first-order valence-corrected chi connectivity index (χ1v) is 11.4. The zero-order valence-corrected chi connectivity index (χ0v) is 19.0. The van der Waals surface area contributed by atoms with Crippen LogP contribution in [0.5, 0.6) is 0 Å². The molecule has 0 saturated heterocycles. The van der Waals surface area contributed by atoms with E-state index < -0.39 is 5.91 Å². The lowest BCUT2D eigenvalue weighted by Gasteiger charge is -2.33. The molecule has 3 aromatic rings. The maximum absolute atomic E-state index is 13.1. The molecule has 1 N–H and O–H groups in total. The summed E-state index contributed by atoms with van der Waals surface area (Å²) >= 11 is 2.78. The molecule has 9 nitrogen and oxygen atoms in total. The van der Waals surface area contributed by atoms with Crippen LogP contribution in [0.25, 0.3) is 10.2 Å². The third-order valence-corrected chi connectivity index (χ3v) is 7.39.